The molecule has 2 rings (SSSR count). The van der Waals surface area contributed by atoms with E-state index in [9.17, 15) is 18.1 Å². The Morgan fingerprint density at radius 1 is 0.952 bits per heavy atom. The third kappa shape index (κ3) is 4.11. The van der Waals surface area contributed by atoms with E-state index in [0.29, 0.717) is 0 Å². The minimum absolute atomic E-state index is 0.172. The van der Waals surface area contributed by atoms with Crippen LogP contribution in [0.25, 0.3) is 0 Å². The number of hydrogen-bond donors (Lipinski definition) is 2. The van der Waals surface area contributed by atoms with E-state index in [1.54, 1.807) is 18.2 Å². The van der Waals surface area contributed by atoms with Crippen molar-refractivity contribution < 1.29 is 13.2 Å². The highest BCUT2D eigenvalue weighted by molar-refractivity contribution is 7.91. The molecule has 0 saturated carbocycles. The fraction of sp³-hybridized carbons (Fsp3) is 0. The van der Waals surface area contributed by atoms with Crippen LogP contribution >= 0.6 is 0 Å². The van der Waals surface area contributed by atoms with Crippen molar-refractivity contribution in [3.05, 3.63) is 65.1 Å². The molecule has 0 aliphatic rings. The average molecular weight is 305 g/mol. The number of hydrogen-bond acceptors (Lipinski definition) is 5. The molecule has 0 bridgehead atoms. The summed E-state index contributed by atoms with van der Waals surface area (Å²) in [5.41, 5.74) is 0.602. The smallest absolute Gasteiger partial charge is 0.268 e. The van der Waals surface area contributed by atoms with Gasteiger partial charge in [0.1, 0.15) is 5.69 Å². The van der Waals surface area contributed by atoms with Gasteiger partial charge < -0.3 is 0 Å². The normalized spacial score (nSPS) is 10.7. The molecule has 0 unspecified atom stereocenters. The molecule has 0 aliphatic carbocycles. The van der Waals surface area contributed by atoms with Gasteiger partial charge in [-0.2, -0.15) is 8.42 Å². The Morgan fingerprint density at radius 3 is 2.14 bits per heavy atom. The molecule has 0 saturated heterocycles. The van der Waals surface area contributed by atoms with Gasteiger partial charge in [0.05, 0.1) is 5.69 Å². The summed E-state index contributed by atoms with van der Waals surface area (Å²) in [6.45, 7) is 0. The first-order valence-electron chi connectivity index (χ1n) is 5.83. The Morgan fingerprint density at radius 2 is 1.57 bits per heavy atom. The molecule has 0 spiro atoms. The van der Waals surface area contributed by atoms with Crippen molar-refractivity contribution in [2.75, 3.05) is 4.72 Å². The van der Waals surface area contributed by atoms with E-state index < -0.39 is 16.1 Å². The molecule has 0 aliphatic heterocycles. The zero-order valence-corrected chi connectivity index (χ0v) is 11.5. The predicted octanol–water partition coefficient (Wildman–Crippen LogP) is 2.17. The van der Waals surface area contributed by atoms with Crippen molar-refractivity contribution >= 4 is 27.5 Å². The maximum Gasteiger partial charge on any atom is 0.323 e. The van der Waals surface area contributed by atoms with Crippen LogP contribution in [0.4, 0.5) is 11.4 Å². The van der Waals surface area contributed by atoms with Gasteiger partial charge in [0.25, 0.3) is 5.91 Å². The van der Waals surface area contributed by atoms with Crippen LogP contribution in [0.15, 0.2) is 59.8 Å². The lowest BCUT2D eigenvalue weighted by molar-refractivity contribution is 0.0981. The molecular formula is C13H11N3O4S. The Balaban J connectivity index is 2.08. The molecule has 1 amide bonds. The number of anilines is 1. The highest BCUT2D eigenvalue weighted by Crippen LogP contribution is 2.16. The van der Waals surface area contributed by atoms with Crippen LogP contribution in [0, 0.1) is 4.91 Å². The molecule has 21 heavy (non-hydrogen) atoms. The predicted molar refractivity (Wildman–Crippen MR) is 78.3 cm³/mol. The molecule has 0 aromatic heterocycles. The lowest BCUT2D eigenvalue weighted by atomic mass is 10.2. The lowest BCUT2D eigenvalue weighted by Gasteiger charge is -2.09. The first-order valence-corrected chi connectivity index (χ1v) is 7.32. The Kier molecular flexibility index (Phi) is 4.29. The SMILES string of the molecule is O=Nc1ccc(NS(=O)(=O)NC(=O)c2ccccc2)cc1. The number of carbonyl (C=O) groups is 1. The third-order valence-corrected chi connectivity index (χ3v) is 3.45. The van der Waals surface area contributed by atoms with E-state index in [4.69, 9.17) is 0 Å². The third-order valence-electron chi connectivity index (χ3n) is 2.49. The van der Waals surface area contributed by atoms with E-state index in [0.717, 1.165) is 0 Å². The van der Waals surface area contributed by atoms with Crippen molar-refractivity contribution in [3.63, 3.8) is 0 Å². The van der Waals surface area contributed by atoms with Crippen molar-refractivity contribution in [2.24, 2.45) is 5.18 Å². The van der Waals surface area contributed by atoms with Gasteiger partial charge in [0, 0.05) is 5.56 Å². The van der Waals surface area contributed by atoms with Crippen LogP contribution < -0.4 is 9.44 Å². The van der Waals surface area contributed by atoms with E-state index in [1.165, 1.54) is 36.4 Å². The fourth-order valence-corrected chi connectivity index (χ4v) is 2.40. The first-order chi connectivity index (χ1) is 10.00. The summed E-state index contributed by atoms with van der Waals surface area (Å²) in [5.74, 6) is -0.741. The number of benzene rings is 2. The molecule has 2 aromatic rings. The quantitative estimate of drug-likeness (QED) is 0.826. The molecule has 8 heteroatoms. The van der Waals surface area contributed by atoms with E-state index in [1.807, 2.05) is 4.72 Å². The Hall–Kier alpha value is -2.74. The van der Waals surface area contributed by atoms with Crippen molar-refractivity contribution in [1.82, 2.24) is 4.72 Å². The second-order valence-corrected chi connectivity index (χ2v) is 5.46. The number of carbonyl (C=O) groups excluding carboxylic acids is 1. The summed E-state index contributed by atoms with van der Waals surface area (Å²) in [4.78, 5) is 22.0. The maximum atomic E-state index is 11.8. The van der Waals surface area contributed by atoms with Crippen LogP contribution in [0.5, 0.6) is 0 Å². The van der Waals surface area contributed by atoms with Crippen molar-refractivity contribution in [3.8, 4) is 0 Å². The van der Waals surface area contributed by atoms with E-state index >= 15 is 0 Å². The molecular weight excluding hydrogens is 294 g/mol. The van der Waals surface area contributed by atoms with Crippen LogP contribution in [0.3, 0.4) is 0 Å². The first kappa shape index (κ1) is 14.7. The zero-order chi connectivity index (χ0) is 15.3. The molecule has 2 N–H and O–H groups in total. The summed E-state index contributed by atoms with van der Waals surface area (Å²) >= 11 is 0. The van der Waals surface area contributed by atoms with E-state index in [-0.39, 0.29) is 16.9 Å². The van der Waals surface area contributed by atoms with Crippen molar-refractivity contribution in [1.29, 1.82) is 0 Å². The maximum absolute atomic E-state index is 11.8. The molecule has 0 heterocycles. The van der Waals surface area contributed by atoms with Crippen LogP contribution in [-0.4, -0.2) is 14.3 Å². The zero-order valence-electron chi connectivity index (χ0n) is 10.7. The monoisotopic (exact) mass is 305 g/mol. The highest BCUT2D eigenvalue weighted by Gasteiger charge is 2.15. The summed E-state index contributed by atoms with van der Waals surface area (Å²) < 4.78 is 27.7. The van der Waals surface area contributed by atoms with Gasteiger partial charge in [-0.05, 0) is 41.6 Å². The summed E-state index contributed by atoms with van der Waals surface area (Å²) in [7, 11) is -4.06. The number of amides is 1. The molecule has 2 aromatic carbocycles. The summed E-state index contributed by atoms with van der Waals surface area (Å²) in [6.07, 6.45) is 0. The second kappa shape index (κ2) is 6.14. The van der Waals surface area contributed by atoms with Crippen LogP contribution in [0.2, 0.25) is 0 Å². The number of nitroso groups, excluding NO2 is 1. The van der Waals surface area contributed by atoms with Crippen LogP contribution in [-0.2, 0) is 10.2 Å². The minimum atomic E-state index is -4.06. The van der Waals surface area contributed by atoms with Gasteiger partial charge in [-0.25, -0.2) is 4.72 Å². The average Bonchev–Trinajstić information content (AvgIpc) is 2.48. The van der Waals surface area contributed by atoms with Gasteiger partial charge >= 0.3 is 10.2 Å². The topological polar surface area (TPSA) is 105 Å². The van der Waals surface area contributed by atoms with Gasteiger partial charge in [0.2, 0.25) is 0 Å². The molecule has 7 nitrogen and oxygen atoms in total. The number of rotatable bonds is 5. The Labute approximate surface area is 121 Å². The highest BCUT2D eigenvalue weighted by atomic mass is 32.2. The standard InChI is InChI=1S/C13H11N3O4S/c17-13(10-4-2-1-3-5-10)16-21(19,20)15-12-8-6-11(14-18)7-9-12/h1-9,15H,(H,16,17). The summed E-state index contributed by atoms with van der Waals surface area (Å²) in [6, 6.07) is 13.4. The van der Waals surface area contributed by atoms with Gasteiger partial charge in [-0.1, -0.05) is 18.2 Å². The lowest BCUT2D eigenvalue weighted by Crippen LogP contribution is -2.35. The fourth-order valence-electron chi connectivity index (χ4n) is 1.54. The largest absolute Gasteiger partial charge is 0.323 e. The van der Waals surface area contributed by atoms with E-state index in [2.05, 4.69) is 9.90 Å². The van der Waals surface area contributed by atoms with Gasteiger partial charge in [-0.15, -0.1) is 4.91 Å². The van der Waals surface area contributed by atoms with Crippen LogP contribution in [0.1, 0.15) is 10.4 Å². The molecule has 108 valence electrons. The van der Waals surface area contributed by atoms with Gasteiger partial charge in [-0.3, -0.25) is 9.52 Å². The molecule has 0 radical (unpaired) electrons. The van der Waals surface area contributed by atoms with Crippen molar-refractivity contribution in [2.45, 2.75) is 0 Å². The molecule has 0 atom stereocenters. The second-order valence-electron chi connectivity index (χ2n) is 4.04. The number of nitrogens with one attached hydrogen (secondary N) is 2. The Bertz CT molecular complexity index is 743. The minimum Gasteiger partial charge on any atom is -0.268 e. The summed E-state index contributed by atoms with van der Waals surface area (Å²) in [5, 5.41) is 2.70. The van der Waals surface area contributed by atoms with Gasteiger partial charge in [0.15, 0.2) is 0 Å². The number of nitrogens with zero attached hydrogens (tertiary/aromatic N) is 1. The molecule has 0 fully saturated rings.